The van der Waals surface area contributed by atoms with Crippen LogP contribution >= 0.6 is 15.9 Å². The average molecular weight is 362 g/mol. The zero-order chi connectivity index (χ0) is 15.9. The van der Waals surface area contributed by atoms with E-state index in [1.54, 1.807) is 18.2 Å². The van der Waals surface area contributed by atoms with E-state index in [-0.39, 0.29) is 5.56 Å². The average Bonchev–Trinajstić information content (AvgIpc) is 2.55. The number of halogens is 1. The van der Waals surface area contributed by atoms with Crippen molar-refractivity contribution in [1.29, 1.82) is 0 Å². The minimum atomic E-state index is -0.625. The van der Waals surface area contributed by atoms with E-state index in [1.807, 2.05) is 6.07 Å². The number of benzene rings is 2. The summed E-state index contributed by atoms with van der Waals surface area (Å²) in [6, 6.07) is 13.1. The Balaban J connectivity index is 1.89. The number of amides is 1. The fraction of sp³-hybridized carbons (Fsp3) is 0.0625. The molecule has 0 spiro atoms. The van der Waals surface area contributed by atoms with Gasteiger partial charge in [-0.2, -0.15) is 0 Å². The molecule has 1 N–H and O–H groups in total. The fourth-order valence-electron chi connectivity index (χ4n) is 1.66. The van der Waals surface area contributed by atoms with Crippen molar-refractivity contribution in [2.75, 3.05) is 11.9 Å². The number of para-hydroxylation sites is 1. The Morgan fingerprint density at radius 1 is 1.09 bits per heavy atom. The van der Waals surface area contributed by atoms with E-state index in [4.69, 9.17) is 4.74 Å². The summed E-state index contributed by atoms with van der Waals surface area (Å²) >= 11 is 3.30. The summed E-state index contributed by atoms with van der Waals surface area (Å²) in [5.74, 6) is -1.07. The van der Waals surface area contributed by atoms with Crippen molar-refractivity contribution < 1.29 is 19.1 Å². The molecule has 0 radical (unpaired) electrons. The molecule has 0 saturated heterocycles. The number of nitrogens with one attached hydrogen (secondary N) is 1. The number of esters is 1. The summed E-state index contributed by atoms with van der Waals surface area (Å²) in [6.45, 7) is -0.393. The molecule has 0 saturated carbocycles. The first-order valence-electron chi connectivity index (χ1n) is 6.37. The van der Waals surface area contributed by atoms with E-state index < -0.39 is 18.5 Å². The molecule has 112 valence electrons. The Bertz CT molecular complexity index is 698. The molecular weight excluding hydrogens is 350 g/mol. The van der Waals surface area contributed by atoms with E-state index in [2.05, 4.69) is 21.2 Å². The van der Waals surface area contributed by atoms with Crippen molar-refractivity contribution in [3.8, 4) is 0 Å². The maximum absolute atomic E-state index is 11.8. The molecule has 6 heteroatoms. The third-order valence-electron chi connectivity index (χ3n) is 2.76. The van der Waals surface area contributed by atoms with Gasteiger partial charge in [-0.25, -0.2) is 4.79 Å². The molecule has 0 aromatic heterocycles. The van der Waals surface area contributed by atoms with Crippen LogP contribution in [0.2, 0.25) is 0 Å². The van der Waals surface area contributed by atoms with Crippen molar-refractivity contribution in [3.63, 3.8) is 0 Å². The third-order valence-corrected chi connectivity index (χ3v) is 3.46. The largest absolute Gasteiger partial charge is 0.452 e. The van der Waals surface area contributed by atoms with E-state index in [9.17, 15) is 14.4 Å². The smallest absolute Gasteiger partial charge is 0.338 e. The summed E-state index contributed by atoms with van der Waals surface area (Å²) < 4.78 is 5.66. The van der Waals surface area contributed by atoms with Crippen LogP contribution in [-0.4, -0.2) is 24.8 Å². The molecule has 2 aromatic carbocycles. The van der Waals surface area contributed by atoms with Crippen LogP contribution in [-0.2, 0) is 9.53 Å². The summed E-state index contributed by atoms with van der Waals surface area (Å²) in [6.07, 6.45) is 0.681. The molecule has 2 rings (SSSR count). The van der Waals surface area contributed by atoms with Gasteiger partial charge in [0.25, 0.3) is 5.91 Å². The summed E-state index contributed by atoms with van der Waals surface area (Å²) in [5, 5.41) is 2.63. The first kappa shape index (κ1) is 15.9. The maximum Gasteiger partial charge on any atom is 0.338 e. The molecule has 0 heterocycles. The van der Waals surface area contributed by atoms with Crippen LogP contribution in [0.3, 0.4) is 0 Å². The minimum Gasteiger partial charge on any atom is -0.452 e. The van der Waals surface area contributed by atoms with E-state index in [0.717, 1.165) is 4.47 Å². The Morgan fingerprint density at radius 3 is 2.41 bits per heavy atom. The van der Waals surface area contributed by atoms with Gasteiger partial charge < -0.3 is 10.1 Å². The molecule has 0 atom stereocenters. The predicted octanol–water partition coefficient (Wildman–Crippen LogP) is 3.06. The highest BCUT2D eigenvalue weighted by Crippen LogP contribution is 2.20. The van der Waals surface area contributed by atoms with Crippen molar-refractivity contribution in [2.45, 2.75) is 0 Å². The first-order valence-corrected chi connectivity index (χ1v) is 7.16. The van der Waals surface area contributed by atoms with Crippen molar-refractivity contribution in [2.24, 2.45) is 0 Å². The Kier molecular flexibility index (Phi) is 5.43. The Labute approximate surface area is 135 Å². The van der Waals surface area contributed by atoms with Crippen LogP contribution in [0.4, 0.5) is 5.69 Å². The zero-order valence-corrected chi connectivity index (χ0v) is 13.0. The van der Waals surface area contributed by atoms with Crippen molar-refractivity contribution >= 4 is 39.8 Å². The highest BCUT2D eigenvalue weighted by Gasteiger charge is 2.11. The Morgan fingerprint density at radius 2 is 1.77 bits per heavy atom. The highest BCUT2D eigenvalue weighted by molar-refractivity contribution is 9.10. The lowest BCUT2D eigenvalue weighted by molar-refractivity contribution is -0.119. The van der Waals surface area contributed by atoms with Crippen LogP contribution in [0, 0.1) is 0 Å². The fourth-order valence-corrected chi connectivity index (χ4v) is 2.04. The molecule has 0 aliphatic heterocycles. The summed E-state index contributed by atoms with van der Waals surface area (Å²) in [4.78, 5) is 34.0. The number of aldehydes is 1. The SMILES string of the molecule is O=Cc1ccc(C(=O)OCC(=O)Nc2ccccc2Br)cc1. The standard InChI is InChI=1S/C16H12BrNO4/c17-13-3-1-2-4-14(13)18-15(20)10-22-16(21)12-7-5-11(9-19)6-8-12/h1-9H,10H2,(H,18,20). The van der Waals surface area contributed by atoms with Crippen LogP contribution < -0.4 is 5.32 Å². The normalized spacial score (nSPS) is 9.86. The third kappa shape index (κ3) is 4.26. The van der Waals surface area contributed by atoms with Gasteiger partial charge in [0.05, 0.1) is 11.3 Å². The number of hydrogen-bond donors (Lipinski definition) is 1. The second-order valence-electron chi connectivity index (χ2n) is 4.34. The Hall–Kier alpha value is -2.47. The van der Waals surface area contributed by atoms with Gasteiger partial charge in [0, 0.05) is 10.0 Å². The molecule has 22 heavy (non-hydrogen) atoms. The molecule has 5 nitrogen and oxygen atoms in total. The van der Waals surface area contributed by atoms with Crippen LogP contribution in [0.25, 0.3) is 0 Å². The quantitative estimate of drug-likeness (QED) is 0.656. The van der Waals surface area contributed by atoms with Gasteiger partial charge >= 0.3 is 5.97 Å². The number of hydrogen-bond acceptors (Lipinski definition) is 4. The lowest BCUT2D eigenvalue weighted by Gasteiger charge is -2.08. The number of ether oxygens (including phenoxy) is 1. The highest BCUT2D eigenvalue weighted by atomic mass is 79.9. The molecule has 0 fully saturated rings. The van der Waals surface area contributed by atoms with Crippen LogP contribution in [0.5, 0.6) is 0 Å². The number of rotatable bonds is 5. The second-order valence-corrected chi connectivity index (χ2v) is 5.20. The number of anilines is 1. The van der Waals surface area contributed by atoms with Crippen molar-refractivity contribution in [1.82, 2.24) is 0 Å². The zero-order valence-electron chi connectivity index (χ0n) is 11.4. The molecule has 2 aromatic rings. The summed E-state index contributed by atoms with van der Waals surface area (Å²) in [5.41, 5.74) is 1.33. The van der Waals surface area contributed by atoms with E-state index in [0.29, 0.717) is 17.5 Å². The van der Waals surface area contributed by atoms with Gasteiger partial charge in [-0.3, -0.25) is 9.59 Å². The topological polar surface area (TPSA) is 72.5 Å². The predicted molar refractivity (Wildman–Crippen MR) is 84.9 cm³/mol. The van der Waals surface area contributed by atoms with Gasteiger partial charge in [0.15, 0.2) is 6.61 Å². The minimum absolute atomic E-state index is 0.277. The molecule has 0 aliphatic rings. The number of carbonyl (C=O) groups excluding carboxylic acids is 3. The van der Waals surface area contributed by atoms with E-state index >= 15 is 0 Å². The molecule has 0 bridgehead atoms. The monoisotopic (exact) mass is 361 g/mol. The van der Waals surface area contributed by atoms with Crippen molar-refractivity contribution in [3.05, 3.63) is 64.1 Å². The molecule has 1 amide bonds. The van der Waals surface area contributed by atoms with Gasteiger partial charge in [-0.05, 0) is 40.2 Å². The second kappa shape index (κ2) is 7.51. The molecular formula is C16H12BrNO4. The summed E-state index contributed by atoms with van der Waals surface area (Å²) in [7, 11) is 0. The molecule has 0 aliphatic carbocycles. The first-order chi connectivity index (χ1) is 10.6. The van der Waals surface area contributed by atoms with E-state index in [1.165, 1.54) is 24.3 Å². The molecule has 0 unspecified atom stereocenters. The van der Waals surface area contributed by atoms with Gasteiger partial charge in [0.1, 0.15) is 6.29 Å². The lowest BCUT2D eigenvalue weighted by Crippen LogP contribution is -2.21. The van der Waals surface area contributed by atoms with Gasteiger partial charge in [-0.1, -0.05) is 24.3 Å². The van der Waals surface area contributed by atoms with Gasteiger partial charge in [-0.15, -0.1) is 0 Å². The number of carbonyl (C=O) groups is 3. The van der Waals surface area contributed by atoms with Crippen LogP contribution in [0.1, 0.15) is 20.7 Å². The van der Waals surface area contributed by atoms with Gasteiger partial charge in [0.2, 0.25) is 0 Å². The maximum atomic E-state index is 11.8. The van der Waals surface area contributed by atoms with Crippen LogP contribution in [0.15, 0.2) is 53.0 Å². The lowest BCUT2D eigenvalue weighted by atomic mass is 10.1.